The zero-order valence-electron chi connectivity index (χ0n) is 10.4. The third-order valence-electron chi connectivity index (χ3n) is 2.86. The first kappa shape index (κ1) is 13.4. The van der Waals surface area contributed by atoms with Crippen molar-refractivity contribution in [3.8, 4) is 0 Å². The van der Waals surface area contributed by atoms with E-state index in [1.54, 1.807) is 6.20 Å². The average Bonchev–Trinajstić information content (AvgIpc) is 2.25. The number of hydrogen-bond donors (Lipinski definition) is 1. The Morgan fingerprint density at radius 3 is 2.69 bits per heavy atom. The monoisotopic (exact) mass is 241 g/mol. The summed E-state index contributed by atoms with van der Waals surface area (Å²) in [6.45, 7) is 5.22. The van der Waals surface area contributed by atoms with Crippen molar-refractivity contribution in [2.75, 3.05) is 20.6 Å². The van der Waals surface area contributed by atoms with Gasteiger partial charge in [-0.25, -0.2) is 4.98 Å². The molecule has 0 aliphatic rings. The fourth-order valence-corrected chi connectivity index (χ4v) is 1.64. The quantitative estimate of drug-likeness (QED) is 0.803. The van der Waals surface area contributed by atoms with Crippen LogP contribution in [0.4, 0.5) is 0 Å². The van der Waals surface area contributed by atoms with Crippen molar-refractivity contribution in [3.63, 3.8) is 0 Å². The Balaban J connectivity index is 2.53. The molecule has 0 aliphatic heterocycles. The minimum atomic E-state index is 0.226. The molecule has 1 rings (SSSR count). The van der Waals surface area contributed by atoms with Crippen LogP contribution in [0.2, 0.25) is 5.15 Å². The third kappa shape index (κ3) is 3.74. The predicted octanol–water partition coefficient (Wildman–Crippen LogP) is 2.34. The summed E-state index contributed by atoms with van der Waals surface area (Å²) in [4.78, 5) is 6.26. The van der Waals surface area contributed by atoms with E-state index in [1.807, 2.05) is 12.1 Å². The molecule has 0 amide bonds. The van der Waals surface area contributed by atoms with Gasteiger partial charge in [0.2, 0.25) is 0 Å². The van der Waals surface area contributed by atoms with E-state index in [4.69, 9.17) is 11.6 Å². The maximum absolute atomic E-state index is 6.04. The van der Waals surface area contributed by atoms with Gasteiger partial charge in [-0.1, -0.05) is 17.7 Å². The van der Waals surface area contributed by atoms with E-state index in [9.17, 15) is 0 Å². The molecule has 0 radical (unpaired) electrons. The van der Waals surface area contributed by atoms with Crippen LogP contribution in [0.3, 0.4) is 0 Å². The van der Waals surface area contributed by atoms with Crippen molar-refractivity contribution < 1.29 is 0 Å². The molecule has 0 spiro atoms. The minimum absolute atomic E-state index is 0.226. The second-order valence-corrected chi connectivity index (χ2v) is 4.68. The number of likely N-dealkylation sites (N-methyl/N-ethyl adjacent to an activating group) is 1. The molecule has 0 aliphatic carbocycles. The molecule has 4 heteroatoms. The van der Waals surface area contributed by atoms with Crippen molar-refractivity contribution in [1.82, 2.24) is 15.2 Å². The number of nitrogens with zero attached hydrogens (tertiary/aromatic N) is 2. The molecule has 2 atom stereocenters. The predicted molar refractivity (Wildman–Crippen MR) is 68.8 cm³/mol. The molecule has 0 saturated carbocycles. The van der Waals surface area contributed by atoms with Gasteiger partial charge in [0.1, 0.15) is 5.15 Å². The second-order valence-electron chi connectivity index (χ2n) is 4.33. The van der Waals surface area contributed by atoms with Crippen LogP contribution in [-0.4, -0.2) is 36.6 Å². The summed E-state index contributed by atoms with van der Waals surface area (Å²) in [6, 6.07) is 4.64. The summed E-state index contributed by atoms with van der Waals surface area (Å²) in [5.74, 6) is 0. The first-order valence-corrected chi connectivity index (χ1v) is 5.90. The first-order chi connectivity index (χ1) is 7.52. The van der Waals surface area contributed by atoms with Crippen LogP contribution in [0.5, 0.6) is 0 Å². The van der Waals surface area contributed by atoms with E-state index in [0.717, 1.165) is 12.1 Å². The van der Waals surface area contributed by atoms with Gasteiger partial charge < -0.3 is 10.2 Å². The fraction of sp³-hybridized carbons (Fsp3) is 0.583. The molecular formula is C12H20ClN3. The molecular weight excluding hydrogens is 222 g/mol. The fourth-order valence-electron chi connectivity index (χ4n) is 1.36. The topological polar surface area (TPSA) is 28.2 Å². The highest BCUT2D eigenvalue weighted by atomic mass is 35.5. The summed E-state index contributed by atoms with van der Waals surface area (Å²) < 4.78 is 0. The van der Waals surface area contributed by atoms with Gasteiger partial charge in [-0.3, -0.25) is 0 Å². The first-order valence-electron chi connectivity index (χ1n) is 5.52. The molecule has 90 valence electrons. The molecule has 1 heterocycles. The van der Waals surface area contributed by atoms with Gasteiger partial charge in [-0.2, -0.15) is 0 Å². The van der Waals surface area contributed by atoms with E-state index < -0.39 is 0 Å². The maximum Gasteiger partial charge on any atom is 0.133 e. The van der Waals surface area contributed by atoms with E-state index >= 15 is 0 Å². The Morgan fingerprint density at radius 2 is 2.12 bits per heavy atom. The largest absolute Gasteiger partial charge is 0.309 e. The number of aromatic nitrogens is 1. The molecule has 1 aromatic rings. The second kappa shape index (κ2) is 6.18. The number of hydrogen-bond acceptors (Lipinski definition) is 3. The molecule has 0 bridgehead atoms. The smallest absolute Gasteiger partial charge is 0.133 e. The Labute approximate surface area is 103 Å². The third-order valence-corrected chi connectivity index (χ3v) is 3.17. The Hall–Kier alpha value is -0.640. The van der Waals surface area contributed by atoms with Crippen LogP contribution >= 0.6 is 11.6 Å². The number of pyridine rings is 1. The van der Waals surface area contributed by atoms with Crippen molar-refractivity contribution in [2.24, 2.45) is 0 Å². The van der Waals surface area contributed by atoms with Gasteiger partial charge >= 0.3 is 0 Å². The number of nitrogens with one attached hydrogen (secondary N) is 1. The summed E-state index contributed by atoms with van der Waals surface area (Å²) in [7, 11) is 4.15. The summed E-state index contributed by atoms with van der Waals surface area (Å²) >= 11 is 6.04. The lowest BCUT2D eigenvalue weighted by atomic mass is 10.1. The lowest BCUT2D eigenvalue weighted by molar-refractivity contribution is 0.295. The zero-order chi connectivity index (χ0) is 12.1. The van der Waals surface area contributed by atoms with Crippen LogP contribution in [0.1, 0.15) is 25.5 Å². The normalized spacial score (nSPS) is 15.1. The van der Waals surface area contributed by atoms with Crippen LogP contribution in [0.25, 0.3) is 0 Å². The van der Waals surface area contributed by atoms with Crippen LogP contribution in [0.15, 0.2) is 18.3 Å². The minimum Gasteiger partial charge on any atom is -0.309 e. The lowest BCUT2D eigenvalue weighted by Gasteiger charge is -2.23. The molecule has 1 aromatic heterocycles. The number of halogens is 1. The van der Waals surface area contributed by atoms with E-state index in [-0.39, 0.29) is 6.04 Å². The summed E-state index contributed by atoms with van der Waals surface area (Å²) in [5.41, 5.74) is 1.05. The van der Waals surface area contributed by atoms with Crippen molar-refractivity contribution in [3.05, 3.63) is 29.0 Å². The molecule has 2 unspecified atom stereocenters. The average molecular weight is 242 g/mol. The molecule has 16 heavy (non-hydrogen) atoms. The molecule has 1 N–H and O–H groups in total. The maximum atomic E-state index is 6.04. The van der Waals surface area contributed by atoms with E-state index in [2.05, 4.69) is 43.1 Å². The van der Waals surface area contributed by atoms with Crippen molar-refractivity contribution in [1.29, 1.82) is 0 Å². The van der Waals surface area contributed by atoms with Crippen molar-refractivity contribution in [2.45, 2.75) is 25.9 Å². The Kier molecular flexibility index (Phi) is 5.19. The van der Waals surface area contributed by atoms with Gasteiger partial charge in [0.25, 0.3) is 0 Å². The molecule has 0 saturated heterocycles. The van der Waals surface area contributed by atoms with Gasteiger partial charge in [-0.05, 0) is 34.0 Å². The van der Waals surface area contributed by atoms with E-state index in [1.165, 1.54) is 0 Å². The standard InChI is InChI=1S/C12H20ClN3/c1-9(16(3)4)8-15-10(2)11-6-5-7-14-12(11)13/h5-7,9-10,15H,8H2,1-4H3. The van der Waals surface area contributed by atoms with Gasteiger partial charge in [0.05, 0.1) is 0 Å². The Morgan fingerprint density at radius 1 is 1.44 bits per heavy atom. The number of rotatable bonds is 5. The summed E-state index contributed by atoms with van der Waals surface area (Å²) in [5, 5.41) is 4.04. The van der Waals surface area contributed by atoms with E-state index in [0.29, 0.717) is 11.2 Å². The van der Waals surface area contributed by atoms with Crippen LogP contribution in [0, 0.1) is 0 Å². The van der Waals surface area contributed by atoms with Crippen molar-refractivity contribution >= 4 is 11.6 Å². The molecule has 3 nitrogen and oxygen atoms in total. The van der Waals surface area contributed by atoms with Gasteiger partial charge in [-0.15, -0.1) is 0 Å². The van der Waals surface area contributed by atoms with Gasteiger partial charge in [0, 0.05) is 30.4 Å². The molecule has 0 aromatic carbocycles. The molecule has 0 fully saturated rings. The highest BCUT2D eigenvalue weighted by Gasteiger charge is 2.11. The lowest BCUT2D eigenvalue weighted by Crippen LogP contribution is -2.36. The highest BCUT2D eigenvalue weighted by Crippen LogP contribution is 2.19. The zero-order valence-corrected chi connectivity index (χ0v) is 11.1. The van der Waals surface area contributed by atoms with Crippen LogP contribution in [-0.2, 0) is 0 Å². The summed E-state index contributed by atoms with van der Waals surface area (Å²) in [6.07, 6.45) is 1.71. The van der Waals surface area contributed by atoms with Crippen LogP contribution < -0.4 is 5.32 Å². The highest BCUT2D eigenvalue weighted by molar-refractivity contribution is 6.30. The Bertz CT molecular complexity index is 328. The van der Waals surface area contributed by atoms with Gasteiger partial charge in [0.15, 0.2) is 0 Å². The SMILES string of the molecule is CC(NCC(C)N(C)C)c1cccnc1Cl.